The highest BCUT2D eigenvalue weighted by atomic mass is 16.6. The molecule has 30 heavy (non-hydrogen) atoms. The second-order valence-electron chi connectivity index (χ2n) is 6.77. The number of rotatable bonds is 17. The van der Waals surface area contributed by atoms with Crippen molar-refractivity contribution in [1.29, 1.82) is 0 Å². The van der Waals surface area contributed by atoms with E-state index in [1.807, 2.05) is 6.07 Å². The van der Waals surface area contributed by atoms with Crippen LogP contribution in [0.2, 0.25) is 0 Å². The fourth-order valence-electron chi connectivity index (χ4n) is 2.67. The smallest absolute Gasteiger partial charge is 0.220 e. The van der Waals surface area contributed by atoms with Crippen molar-refractivity contribution >= 4 is 17.4 Å². The normalized spacial score (nSPS) is 12.0. The van der Waals surface area contributed by atoms with Crippen molar-refractivity contribution in [3.8, 4) is 0 Å². The van der Waals surface area contributed by atoms with E-state index in [2.05, 4.69) is 5.32 Å². The molecule has 170 valence electrons. The summed E-state index contributed by atoms with van der Waals surface area (Å²) >= 11 is 0. The van der Waals surface area contributed by atoms with Gasteiger partial charge in [-0.2, -0.15) is 0 Å². The van der Waals surface area contributed by atoms with E-state index in [-0.39, 0.29) is 50.8 Å². The van der Waals surface area contributed by atoms with E-state index in [9.17, 15) is 9.59 Å². The van der Waals surface area contributed by atoms with Gasteiger partial charge in [-0.05, 0) is 37.5 Å². The van der Waals surface area contributed by atoms with Crippen LogP contribution in [0.25, 0.3) is 0 Å². The van der Waals surface area contributed by atoms with Gasteiger partial charge in [0.05, 0.1) is 39.6 Å². The van der Waals surface area contributed by atoms with Gasteiger partial charge in [-0.3, -0.25) is 9.59 Å². The molecule has 0 aromatic heterocycles. The predicted molar refractivity (Wildman–Crippen MR) is 112 cm³/mol. The molecule has 0 aliphatic heterocycles. The third kappa shape index (κ3) is 11.2. The number of ketones is 1. The largest absolute Gasteiger partial charge is 0.398 e. The van der Waals surface area contributed by atoms with Crippen LogP contribution in [0.15, 0.2) is 18.2 Å². The number of nitrogens with two attached hydrogens (primary N) is 1. The van der Waals surface area contributed by atoms with Gasteiger partial charge >= 0.3 is 0 Å². The molecule has 1 aromatic rings. The highest BCUT2D eigenvalue weighted by molar-refractivity contribution is 5.99. The lowest BCUT2D eigenvalue weighted by Crippen LogP contribution is -2.29. The van der Waals surface area contributed by atoms with E-state index in [1.165, 1.54) is 6.92 Å². The maximum Gasteiger partial charge on any atom is 0.220 e. The first-order valence-corrected chi connectivity index (χ1v) is 10.1. The molecule has 0 heterocycles. The lowest BCUT2D eigenvalue weighted by molar-refractivity contribution is -0.121. The fourth-order valence-corrected chi connectivity index (χ4v) is 2.67. The van der Waals surface area contributed by atoms with E-state index in [1.54, 1.807) is 12.1 Å². The van der Waals surface area contributed by atoms with Crippen LogP contribution in [-0.2, 0) is 25.4 Å². The molecule has 0 saturated carbocycles. The first-order chi connectivity index (χ1) is 14.5. The van der Waals surface area contributed by atoms with Gasteiger partial charge in [0.1, 0.15) is 6.10 Å². The summed E-state index contributed by atoms with van der Waals surface area (Å²) in [5.74, 6) is -0.166. The number of carbonyl (C=O) groups is 2. The van der Waals surface area contributed by atoms with Gasteiger partial charge in [0.25, 0.3) is 0 Å². The number of hydrogen-bond acceptors (Lipinski definition) is 8. The first-order valence-electron chi connectivity index (χ1n) is 10.1. The third-order valence-electron chi connectivity index (χ3n) is 4.21. The van der Waals surface area contributed by atoms with Gasteiger partial charge in [0.15, 0.2) is 5.78 Å². The zero-order valence-corrected chi connectivity index (χ0v) is 17.6. The van der Waals surface area contributed by atoms with Crippen molar-refractivity contribution < 1.29 is 34.0 Å². The van der Waals surface area contributed by atoms with Gasteiger partial charge in [0.2, 0.25) is 5.91 Å². The predicted octanol–water partition coefficient (Wildman–Crippen LogP) is 0.313. The quantitative estimate of drug-likeness (QED) is 0.159. The Balaban J connectivity index is 2.19. The van der Waals surface area contributed by atoms with Crippen molar-refractivity contribution in [1.82, 2.24) is 5.32 Å². The number of nitrogens with one attached hydrogen (secondary N) is 1. The summed E-state index contributed by atoms with van der Waals surface area (Å²) in [6.07, 6.45) is 1.17. The number of ether oxygens (including phenoxy) is 3. The minimum atomic E-state index is -0.321. The van der Waals surface area contributed by atoms with Crippen LogP contribution in [0.5, 0.6) is 0 Å². The zero-order valence-electron chi connectivity index (χ0n) is 17.6. The Morgan fingerprint density at radius 2 is 1.80 bits per heavy atom. The Labute approximate surface area is 177 Å². The number of aryl methyl sites for hydroxylation is 1. The van der Waals surface area contributed by atoms with E-state index >= 15 is 0 Å². The van der Waals surface area contributed by atoms with E-state index in [0.29, 0.717) is 50.3 Å². The number of carbonyl (C=O) groups excluding carboxylic acids is 2. The van der Waals surface area contributed by atoms with Crippen LogP contribution in [0, 0.1) is 0 Å². The Kier molecular flexibility index (Phi) is 13.7. The second-order valence-corrected chi connectivity index (χ2v) is 6.77. The zero-order chi connectivity index (χ0) is 22.2. The standard InChI is InChI=1S/C21H34N2O7/c1-16(26)19-13-17(3-5-20(19)22)4-6-21(27)23-7-2-10-28-14-18(30-12-9-25)15-29-11-8-24/h3,5,13,18,24-25H,2,4,6-12,14-15,22H2,1H3,(H,23,27). The van der Waals surface area contributed by atoms with E-state index < -0.39 is 0 Å². The molecule has 0 radical (unpaired) electrons. The summed E-state index contributed by atoms with van der Waals surface area (Å²) in [5.41, 5.74) is 7.59. The molecule has 1 unspecified atom stereocenters. The van der Waals surface area contributed by atoms with E-state index in [4.69, 9.17) is 30.2 Å². The van der Waals surface area contributed by atoms with Crippen LogP contribution < -0.4 is 11.1 Å². The molecule has 0 saturated heterocycles. The van der Waals surface area contributed by atoms with Crippen molar-refractivity contribution in [2.45, 2.75) is 32.3 Å². The molecule has 9 heteroatoms. The Hall–Kier alpha value is -2.04. The molecule has 1 rings (SSSR count). The molecular formula is C21H34N2O7. The number of amides is 1. The molecule has 1 aromatic carbocycles. The summed E-state index contributed by atoms with van der Waals surface area (Å²) < 4.78 is 16.2. The molecule has 1 amide bonds. The summed E-state index contributed by atoms with van der Waals surface area (Å²) in [6.45, 7) is 3.22. The van der Waals surface area contributed by atoms with Crippen molar-refractivity contribution in [3.05, 3.63) is 29.3 Å². The first kappa shape index (κ1) is 26.0. The number of anilines is 1. The molecule has 9 nitrogen and oxygen atoms in total. The molecule has 1 atom stereocenters. The third-order valence-corrected chi connectivity index (χ3v) is 4.21. The van der Waals surface area contributed by atoms with Gasteiger partial charge in [-0.25, -0.2) is 0 Å². The van der Waals surface area contributed by atoms with Crippen LogP contribution in [-0.4, -0.2) is 80.8 Å². The molecule has 5 N–H and O–H groups in total. The Morgan fingerprint density at radius 1 is 1.10 bits per heavy atom. The average Bonchev–Trinajstić information content (AvgIpc) is 2.73. The summed E-state index contributed by atoms with van der Waals surface area (Å²) in [6, 6.07) is 5.24. The average molecular weight is 427 g/mol. The van der Waals surface area contributed by atoms with Crippen molar-refractivity contribution in [2.75, 3.05) is 58.5 Å². The number of aliphatic hydroxyl groups excluding tert-OH is 2. The van der Waals surface area contributed by atoms with E-state index in [0.717, 1.165) is 5.56 Å². The molecule has 0 spiro atoms. The van der Waals surface area contributed by atoms with Crippen molar-refractivity contribution in [3.63, 3.8) is 0 Å². The molecule has 0 fully saturated rings. The molecule has 0 bridgehead atoms. The topological polar surface area (TPSA) is 140 Å². The van der Waals surface area contributed by atoms with Gasteiger partial charge in [0, 0.05) is 30.8 Å². The summed E-state index contributed by atoms with van der Waals surface area (Å²) in [7, 11) is 0. The summed E-state index contributed by atoms with van der Waals surface area (Å²) in [5, 5.41) is 20.4. The molecule has 0 aliphatic rings. The van der Waals surface area contributed by atoms with Crippen LogP contribution in [0.4, 0.5) is 5.69 Å². The van der Waals surface area contributed by atoms with Crippen molar-refractivity contribution in [2.24, 2.45) is 0 Å². The van der Waals surface area contributed by atoms with Crippen LogP contribution in [0.1, 0.15) is 35.7 Å². The molecule has 0 aliphatic carbocycles. The highest BCUT2D eigenvalue weighted by Gasteiger charge is 2.10. The van der Waals surface area contributed by atoms with Gasteiger partial charge < -0.3 is 35.5 Å². The number of benzene rings is 1. The Morgan fingerprint density at radius 3 is 2.47 bits per heavy atom. The number of aliphatic hydroxyl groups is 2. The SMILES string of the molecule is CC(=O)c1cc(CCC(=O)NCCCOCC(COCCO)OCCO)ccc1N. The second kappa shape index (κ2) is 15.8. The summed E-state index contributed by atoms with van der Waals surface area (Å²) in [4.78, 5) is 23.5. The number of hydrogen-bond donors (Lipinski definition) is 4. The minimum absolute atomic E-state index is 0.0660. The monoisotopic (exact) mass is 426 g/mol. The fraction of sp³-hybridized carbons (Fsp3) is 0.619. The van der Waals surface area contributed by atoms with Crippen LogP contribution >= 0.6 is 0 Å². The maximum absolute atomic E-state index is 12.0. The molecular weight excluding hydrogens is 392 g/mol. The Bertz CT molecular complexity index is 640. The number of Topliss-reactive ketones (excluding diaryl/α,β-unsaturated/α-hetero) is 1. The van der Waals surface area contributed by atoms with Gasteiger partial charge in [-0.1, -0.05) is 6.07 Å². The number of nitrogen functional groups attached to an aromatic ring is 1. The lowest BCUT2D eigenvalue weighted by atomic mass is 10.0. The maximum atomic E-state index is 12.0. The van der Waals surface area contributed by atoms with Crippen LogP contribution in [0.3, 0.4) is 0 Å². The lowest BCUT2D eigenvalue weighted by Gasteiger charge is -2.17. The minimum Gasteiger partial charge on any atom is -0.398 e. The van der Waals surface area contributed by atoms with Gasteiger partial charge in [-0.15, -0.1) is 0 Å². The highest BCUT2D eigenvalue weighted by Crippen LogP contribution is 2.16.